The first kappa shape index (κ1) is 17.4. The number of rotatable bonds is 5. The number of amides is 1. The highest BCUT2D eigenvalue weighted by molar-refractivity contribution is 7.11. The van der Waals surface area contributed by atoms with Crippen LogP contribution in [0, 0.1) is 6.92 Å². The summed E-state index contributed by atoms with van der Waals surface area (Å²) in [5.74, 6) is 0.555. The van der Waals surface area contributed by atoms with Crippen LogP contribution in [0.15, 0.2) is 4.99 Å². The van der Waals surface area contributed by atoms with Gasteiger partial charge in [-0.25, -0.2) is 4.99 Å². The van der Waals surface area contributed by atoms with E-state index in [1.54, 1.807) is 25.4 Å². The third-order valence-corrected chi connectivity index (χ3v) is 3.58. The summed E-state index contributed by atoms with van der Waals surface area (Å²) < 4.78 is 0. The molecule has 1 aromatic rings. The maximum atomic E-state index is 11.6. The molecular weight excluding hydrogens is 288 g/mol. The maximum absolute atomic E-state index is 11.6. The normalized spacial score (nSPS) is 13.2. The molecule has 0 spiro atoms. The number of hydrogen-bond acceptors (Lipinski definition) is 5. The van der Waals surface area contributed by atoms with Crippen molar-refractivity contribution in [1.82, 2.24) is 25.7 Å². The van der Waals surface area contributed by atoms with E-state index < -0.39 is 0 Å². The number of aryl methyl sites for hydroxylation is 1. The van der Waals surface area contributed by atoms with Gasteiger partial charge in [0.25, 0.3) is 0 Å². The third kappa shape index (κ3) is 6.07. The Morgan fingerprint density at radius 2 is 1.95 bits per heavy atom. The van der Waals surface area contributed by atoms with Crippen molar-refractivity contribution in [2.75, 3.05) is 20.6 Å². The molecule has 0 fully saturated rings. The van der Waals surface area contributed by atoms with Crippen LogP contribution in [0.2, 0.25) is 0 Å². The molecule has 1 heterocycles. The Labute approximate surface area is 129 Å². The number of aromatic nitrogens is 2. The zero-order valence-corrected chi connectivity index (χ0v) is 14.3. The van der Waals surface area contributed by atoms with Gasteiger partial charge in [0.2, 0.25) is 5.91 Å². The highest BCUT2D eigenvalue weighted by Gasteiger charge is 2.13. The largest absolute Gasteiger partial charge is 0.354 e. The lowest BCUT2D eigenvalue weighted by Gasteiger charge is -2.18. The molecule has 0 saturated heterocycles. The standard InChI is InChI=1S/C13H24N6OS/c1-8(2)15-13(14-7-11(20)19(5)6)16-9(3)12-18-17-10(4)21-12/h8-9H,7H2,1-6H3,(H2,14,15,16). The van der Waals surface area contributed by atoms with Crippen LogP contribution >= 0.6 is 11.3 Å². The molecule has 1 aromatic heterocycles. The van der Waals surface area contributed by atoms with Crippen molar-refractivity contribution in [3.63, 3.8) is 0 Å². The van der Waals surface area contributed by atoms with E-state index in [0.29, 0.717) is 5.96 Å². The van der Waals surface area contributed by atoms with Crippen LogP contribution in [0.25, 0.3) is 0 Å². The predicted octanol–water partition coefficient (Wildman–Crippen LogP) is 0.939. The number of guanidine groups is 1. The molecule has 1 atom stereocenters. The monoisotopic (exact) mass is 312 g/mol. The second-order valence-corrected chi connectivity index (χ2v) is 6.49. The SMILES string of the molecule is Cc1nnc(C(C)NC(=NCC(=O)N(C)C)NC(C)C)s1. The average molecular weight is 312 g/mol. The van der Waals surface area contributed by atoms with E-state index in [-0.39, 0.29) is 24.5 Å². The average Bonchev–Trinajstić information content (AvgIpc) is 2.81. The van der Waals surface area contributed by atoms with Gasteiger partial charge in [-0.2, -0.15) is 0 Å². The van der Waals surface area contributed by atoms with Gasteiger partial charge in [-0.1, -0.05) is 11.3 Å². The number of nitrogens with zero attached hydrogens (tertiary/aromatic N) is 4. The molecule has 0 aromatic carbocycles. The molecule has 0 aliphatic heterocycles. The fourth-order valence-corrected chi connectivity index (χ4v) is 2.15. The summed E-state index contributed by atoms with van der Waals surface area (Å²) in [7, 11) is 3.43. The summed E-state index contributed by atoms with van der Waals surface area (Å²) in [5, 5.41) is 16.4. The first-order chi connectivity index (χ1) is 9.79. The Morgan fingerprint density at radius 1 is 1.29 bits per heavy atom. The van der Waals surface area contributed by atoms with Gasteiger partial charge in [-0.15, -0.1) is 10.2 Å². The minimum atomic E-state index is -0.0423. The molecule has 1 rings (SSSR count). The van der Waals surface area contributed by atoms with Gasteiger partial charge in [-0.05, 0) is 27.7 Å². The number of aliphatic imine (C=N–C) groups is 1. The van der Waals surface area contributed by atoms with Crippen LogP contribution in [0.4, 0.5) is 0 Å². The van der Waals surface area contributed by atoms with Crippen molar-refractivity contribution in [1.29, 1.82) is 0 Å². The minimum Gasteiger partial charge on any atom is -0.354 e. The Balaban J connectivity index is 2.73. The van der Waals surface area contributed by atoms with Gasteiger partial charge in [-0.3, -0.25) is 4.79 Å². The zero-order chi connectivity index (χ0) is 16.0. The van der Waals surface area contributed by atoms with E-state index in [2.05, 4.69) is 25.8 Å². The van der Waals surface area contributed by atoms with Gasteiger partial charge in [0.05, 0.1) is 6.04 Å². The first-order valence-corrected chi connectivity index (χ1v) is 7.69. The number of carbonyl (C=O) groups excluding carboxylic acids is 1. The molecule has 7 nitrogen and oxygen atoms in total. The molecule has 0 bridgehead atoms. The molecule has 8 heteroatoms. The van der Waals surface area contributed by atoms with Crippen LogP contribution in [0.1, 0.15) is 36.8 Å². The Kier molecular flexibility index (Phi) is 6.54. The van der Waals surface area contributed by atoms with Crippen LogP contribution in [-0.2, 0) is 4.79 Å². The van der Waals surface area contributed by atoms with Crippen LogP contribution in [0.3, 0.4) is 0 Å². The molecule has 118 valence electrons. The molecule has 1 amide bonds. The Bertz CT molecular complexity index is 497. The van der Waals surface area contributed by atoms with Gasteiger partial charge in [0, 0.05) is 20.1 Å². The number of hydrogen-bond donors (Lipinski definition) is 2. The molecule has 0 aliphatic carbocycles. The fourth-order valence-electron chi connectivity index (χ4n) is 1.45. The lowest BCUT2D eigenvalue weighted by atomic mass is 10.3. The summed E-state index contributed by atoms with van der Waals surface area (Å²) in [4.78, 5) is 17.5. The van der Waals surface area contributed by atoms with Crippen molar-refractivity contribution in [3.05, 3.63) is 10.0 Å². The summed E-state index contributed by atoms with van der Waals surface area (Å²) in [5.41, 5.74) is 0. The molecule has 2 N–H and O–H groups in total. The molecule has 1 unspecified atom stereocenters. The van der Waals surface area contributed by atoms with Crippen LogP contribution in [-0.4, -0.2) is 53.6 Å². The van der Waals surface area contributed by atoms with Crippen LogP contribution in [0.5, 0.6) is 0 Å². The quantitative estimate of drug-likeness (QED) is 0.624. The number of likely N-dealkylation sites (N-methyl/N-ethyl adjacent to an activating group) is 1. The van der Waals surface area contributed by atoms with Crippen molar-refractivity contribution in [2.45, 2.75) is 39.8 Å². The Hall–Kier alpha value is -1.70. The summed E-state index contributed by atoms with van der Waals surface area (Å²) in [6, 6.07) is 0.199. The zero-order valence-electron chi connectivity index (χ0n) is 13.5. The third-order valence-electron chi connectivity index (χ3n) is 2.56. The number of nitrogens with one attached hydrogen (secondary N) is 2. The van der Waals surface area contributed by atoms with Gasteiger partial charge >= 0.3 is 0 Å². The van der Waals surface area contributed by atoms with Crippen molar-refractivity contribution in [2.24, 2.45) is 4.99 Å². The molecule has 0 saturated carbocycles. The highest BCUT2D eigenvalue weighted by atomic mass is 32.1. The van der Waals surface area contributed by atoms with Gasteiger partial charge in [0.15, 0.2) is 5.96 Å². The van der Waals surface area contributed by atoms with E-state index in [4.69, 9.17) is 0 Å². The maximum Gasteiger partial charge on any atom is 0.243 e. The molecular formula is C13H24N6OS. The Morgan fingerprint density at radius 3 is 2.43 bits per heavy atom. The second-order valence-electron chi connectivity index (χ2n) is 5.28. The van der Waals surface area contributed by atoms with E-state index in [9.17, 15) is 4.79 Å². The van der Waals surface area contributed by atoms with Crippen molar-refractivity contribution < 1.29 is 4.79 Å². The van der Waals surface area contributed by atoms with E-state index in [1.807, 2.05) is 27.7 Å². The lowest BCUT2D eigenvalue weighted by molar-refractivity contribution is -0.127. The first-order valence-electron chi connectivity index (χ1n) is 6.87. The summed E-state index contributed by atoms with van der Waals surface area (Å²) >= 11 is 1.54. The summed E-state index contributed by atoms with van der Waals surface area (Å²) in [6.07, 6.45) is 0. The fraction of sp³-hybridized carbons (Fsp3) is 0.692. The molecule has 0 aliphatic rings. The topological polar surface area (TPSA) is 82.5 Å². The summed E-state index contributed by atoms with van der Waals surface area (Å²) in [6.45, 7) is 8.06. The van der Waals surface area contributed by atoms with Crippen molar-refractivity contribution >= 4 is 23.2 Å². The minimum absolute atomic E-state index is 0.0179. The number of carbonyl (C=O) groups is 1. The molecule has 0 radical (unpaired) electrons. The smallest absolute Gasteiger partial charge is 0.243 e. The van der Waals surface area contributed by atoms with Gasteiger partial charge in [0.1, 0.15) is 16.6 Å². The predicted molar refractivity (Wildman–Crippen MR) is 85.5 cm³/mol. The van der Waals surface area contributed by atoms with E-state index >= 15 is 0 Å². The van der Waals surface area contributed by atoms with E-state index in [0.717, 1.165) is 10.0 Å². The van der Waals surface area contributed by atoms with E-state index in [1.165, 1.54) is 4.90 Å². The second kappa shape index (κ2) is 7.92. The highest BCUT2D eigenvalue weighted by Crippen LogP contribution is 2.16. The lowest BCUT2D eigenvalue weighted by Crippen LogP contribution is -2.43. The van der Waals surface area contributed by atoms with Crippen LogP contribution < -0.4 is 10.6 Å². The van der Waals surface area contributed by atoms with Gasteiger partial charge < -0.3 is 15.5 Å². The van der Waals surface area contributed by atoms with Crippen molar-refractivity contribution in [3.8, 4) is 0 Å². The molecule has 21 heavy (non-hydrogen) atoms.